The predicted octanol–water partition coefficient (Wildman–Crippen LogP) is 4.88. The van der Waals surface area contributed by atoms with Gasteiger partial charge in [0.05, 0.1) is 35.4 Å². The minimum atomic E-state index is -4.28. The molecule has 7 rings (SSSR count). The third-order valence-corrected chi connectivity index (χ3v) is 14.9. The number of carbonyl (C=O) groups excluding carboxylic acids is 4. The normalized spacial score (nSPS) is 32.0. The molecular weight excluding hydrogens is 798 g/mol. The third-order valence-electron chi connectivity index (χ3n) is 12.7. The first-order valence-corrected chi connectivity index (χ1v) is 21.8. The van der Waals surface area contributed by atoms with Gasteiger partial charge in [-0.05, 0) is 75.3 Å². The smallest absolute Gasteiger partial charge is 0.408 e. The average Bonchev–Trinajstić information content (AvgIpc) is 4.12. The van der Waals surface area contributed by atoms with Gasteiger partial charge in [-0.3, -0.25) is 19.1 Å². The number of ether oxygens (including phenoxy) is 3. The van der Waals surface area contributed by atoms with Gasteiger partial charge in [0.2, 0.25) is 34.1 Å². The first kappa shape index (κ1) is 42.7. The Hall–Kier alpha value is -4.42. The maximum Gasteiger partial charge on any atom is 0.408 e. The molecule has 59 heavy (non-hydrogen) atoms. The van der Waals surface area contributed by atoms with Crippen molar-refractivity contribution in [1.29, 1.82) is 0 Å². The average molecular weight is 851 g/mol. The lowest BCUT2D eigenvalue weighted by Crippen LogP contribution is -2.61. The predicted molar refractivity (Wildman–Crippen MR) is 207 cm³/mol. The van der Waals surface area contributed by atoms with E-state index in [0.717, 1.165) is 0 Å². The molecular formula is C40H53F3N6O9S. The van der Waals surface area contributed by atoms with E-state index in [4.69, 9.17) is 14.2 Å². The van der Waals surface area contributed by atoms with Crippen LogP contribution < -0.4 is 24.8 Å². The molecule has 3 N–H and O–H groups in total. The van der Waals surface area contributed by atoms with Crippen LogP contribution in [0.15, 0.2) is 18.2 Å². The van der Waals surface area contributed by atoms with Crippen molar-refractivity contribution in [1.82, 2.24) is 30.2 Å². The number of aromatic nitrogens is 2. The zero-order chi connectivity index (χ0) is 42.8. The molecule has 2 aromatic rings. The fourth-order valence-corrected chi connectivity index (χ4v) is 9.72. The number of methoxy groups -OCH3 is 1. The van der Waals surface area contributed by atoms with Crippen molar-refractivity contribution in [3.8, 4) is 11.6 Å². The fourth-order valence-electron chi connectivity index (χ4n) is 8.41. The van der Waals surface area contributed by atoms with Crippen LogP contribution in [0.3, 0.4) is 0 Å². The highest BCUT2D eigenvalue weighted by Gasteiger charge is 2.68. The maximum absolute atomic E-state index is 16.3. The van der Waals surface area contributed by atoms with Crippen LogP contribution >= 0.6 is 0 Å². The highest BCUT2D eigenvalue weighted by atomic mass is 32.2. The molecule has 1 saturated heterocycles. The molecule has 1 aromatic carbocycles. The number of halogens is 3. The van der Waals surface area contributed by atoms with Gasteiger partial charge in [0.25, 0.3) is 5.91 Å². The van der Waals surface area contributed by atoms with Gasteiger partial charge in [0.1, 0.15) is 47.4 Å². The van der Waals surface area contributed by atoms with Gasteiger partial charge >= 0.3 is 6.09 Å². The summed E-state index contributed by atoms with van der Waals surface area (Å²) in [4.78, 5) is 67.0. The van der Waals surface area contributed by atoms with Crippen molar-refractivity contribution in [2.45, 2.75) is 140 Å². The molecule has 1 unspecified atom stereocenters. The van der Waals surface area contributed by atoms with Crippen LogP contribution in [0, 0.1) is 23.2 Å². The number of hydrogen-bond donors (Lipinski definition) is 3. The van der Waals surface area contributed by atoms with E-state index < -0.39 is 98.6 Å². The maximum atomic E-state index is 16.3. The Bertz CT molecular complexity index is 2120. The molecule has 0 spiro atoms. The Morgan fingerprint density at radius 2 is 1.80 bits per heavy atom. The number of amides is 4. The lowest BCUT2D eigenvalue weighted by atomic mass is 9.85. The van der Waals surface area contributed by atoms with Crippen molar-refractivity contribution < 1.29 is 55.0 Å². The van der Waals surface area contributed by atoms with Gasteiger partial charge in [0, 0.05) is 12.0 Å². The largest absolute Gasteiger partial charge is 0.497 e. The van der Waals surface area contributed by atoms with E-state index in [0.29, 0.717) is 42.5 Å². The summed E-state index contributed by atoms with van der Waals surface area (Å²) in [5.74, 6) is -5.29. The van der Waals surface area contributed by atoms with Crippen LogP contribution in [0.4, 0.5) is 18.0 Å². The molecule has 1 aromatic heterocycles. The molecule has 15 nitrogen and oxygen atoms in total. The summed E-state index contributed by atoms with van der Waals surface area (Å²) in [6.07, 6.45) is -4.31. The second kappa shape index (κ2) is 15.6. The Kier molecular flexibility index (Phi) is 11.3. The summed E-state index contributed by atoms with van der Waals surface area (Å²) in [7, 11) is -2.80. The minimum absolute atomic E-state index is 0.0691. The van der Waals surface area contributed by atoms with E-state index in [1.54, 1.807) is 45.9 Å². The molecule has 324 valence electrons. The third kappa shape index (κ3) is 8.36. The molecule has 9 atom stereocenters. The number of nitrogens with one attached hydrogen (secondary N) is 3. The molecule has 2 bridgehead atoms. The topological polar surface area (TPSA) is 195 Å². The van der Waals surface area contributed by atoms with Crippen molar-refractivity contribution in [2.75, 3.05) is 13.7 Å². The number of hydrogen-bond acceptors (Lipinski definition) is 11. The van der Waals surface area contributed by atoms with Gasteiger partial charge in [-0.1, -0.05) is 40.5 Å². The monoisotopic (exact) mass is 850 g/mol. The summed E-state index contributed by atoms with van der Waals surface area (Å²) in [5.41, 5.74) is -2.62. The highest BCUT2D eigenvalue weighted by molar-refractivity contribution is 7.91. The van der Waals surface area contributed by atoms with Crippen LogP contribution in [0.25, 0.3) is 11.0 Å². The molecule has 5 aliphatic rings. The number of alkyl halides is 3. The highest BCUT2D eigenvalue weighted by Crippen LogP contribution is 2.50. The number of alkyl carbamates (subject to hydrolysis) is 1. The van der Waals surface area contributed by atoms with Crippen molar-refractivity contribution in [3.05, 3.63) is 23.9 Å². The molecule has 4 fully saturated rings. The fraction of sp³-hybridized carbons (Fsp3) is 0.700. The van der Waals surface area contributed by atoms with E-state index in [1.165, 1.54) is 18.9 Å². The minimum Gasteiger partial charge on any atom is -0.497 e. The van der Waals surface area contributed by atoms with E-state index in [-0.39, 0.29) is 55.8 Å². The first-order valence-electron chi connectivity index (χ1n) is 20.3. The molecule has 19 heteroatoms. The van der Waals surface area contributed by atoms with E-state index in [2.05, 4.69) is 20.6 Å². The number of rotatable bonds is 8. The van der Waals surface area contributed by atoms with Crippen LogP contribution in [-0.4, -0.2) is 102 Å². The summed E-state index contributed by atoms with van der Waals surface area (Å²) in [6.45, 7) is 7.97. The van der Waals surface area contributed by atoms with Crippen molar-refractivity contribution >= 4 is 44.9 Å². The van der Waals surface area contributed by atoms with Crippen molar-refractivity contribution in [3.63, 3.8) is 0 Å². The lowest BCUT2D eigenvalue weighted by molar-refractivity contribution is -0.144. The molecule has 3 heterocycles. The van der Waals surface area contributed by atoms with Crippen molar-refractivity contribution in [2.24, 2.45) is 23.2 Å². The summed E-state index contributed by atoms with van der Waals surface area (Å²) in [5, 5.41) is 5.16. The zero-order valence-corrected chi connectivity index (χ0v) is 34.9. The molecule has 3 saturated carbocycles. The second-order valence-electron chi connectivity index (χ2n) is 18.1. The number of fused-ring (bicyclic) bond motifs is 5. The summed E-state index contributed by atoms with van der Waals surface area (Å²) < 4.78 is 89.4. The molecule has 2 aliphatic heterocycles. The van der Waals surface area contributed by atoms with E-state index in [1.807, 2.05) is 4.72 Å². The summed E-state index contributed by atoms with van der Waals surface area (Å²) in [6, 6.07) is 2.16. The quantitative estimate of drug-likeness (QED) is 0.328. The van der Waals surface area contributed by atoms with Crippen LogP contribution in [-0.2, 0) is 29.1 Å². The van der Waals surface area contributed by atoms with E-state index in [9.17, 15) is 36.4 Å². The van der Waals surface area contributed by atoms with Gasteiger partial charge in [-0.25, -0.2) is 36.4 Å². The Morgan fingerprint density at radius 1 is 1.08 bits per heavy atom. The van der Waals surface area contributed by atoms with Gasteiger partial charge < -0.3 is 29.7 Å². The Balaban J connectivity index is 1.28. The molecule has 4 amide bonds. The van der Waals surface area contributed by atoms with Crippen LogP contribution in [0.5, 0.6) is 11.6 Å². The van der Waals surface area contributed by atoms with Crippen LogP contribution in [0.1, 0.15) is 104 Å². The van der Waals surface area contributed by atoms with Crippen LogP contribution in [0.2, 0.25) is 0 Å². The number of benzene rings is 1. The second-order valence-corrected chi connectivity index (χ2v) is 20.3. The summed E-state index contributed by atoms with van der Waals surface area (Å²) >= 11 is 0. The molecule has 3 aliphatic carbocycles. The SMILES string of the molecule is CC[C@@H]1[C@@H]2CN(C(=O)[C@H](C(C)(C)C)NC(=O)O[C@@H]3C[C@H]3CCCCC(F)c3nc4ccc(OC)cc4nc3O2)[C@@H]1C(=O)N[C@]1(C(=O)NS(=O)(=O)C2(C)CC2)C[C@H]1C(F)F. The Labute approximate surface area is 341 Å². The van der Waals surface area contributed by atoms with E-state index >= 15 is 4.39 Å². The first-order chi connectivity index (χ1) is 27.7. The van der Waals surface area contributed by atoms with Gasteiger partial charge in [-0.15, -0.1) is 0 Å². The van der Waals surface area contributed by atoms with Gasteiger partial charge in [-0.2, -0.15) is 0 Å². The number of sulfonamides is 1. The Morgan fingerprint density at radius 3 is 2.42 bits per heavy atom. The molecule has 0 radical (unpaired) electrons. The zero-order valence-electron chi connectivity index (χ0n) is 34.1. The lowest BCUT2D eigenvalue weighted by Gasteiger charge is -2.36. The van der Waals surface area contributed by atoms with Gasteiger partial charge in [0.15, 0.2) is 0 Å². The number of nitrogens with zero attached hydrogens (tertiary/aromatic N) is 3. The standard InChI is InChI=1S/C40H53F3N6O9S/c1-7-22-28-19-49(30(22)33(50)47-40(18-23(40)32(42)43)36(52)48-59(54,55)39(5)14-15-39)35(51)31(38(2,3)4)46-37(53)58-27-16-20(27)10-8-9-11-24(41)29-34(57-28)45-26-17-21(56-6)12-13-25(26)44-29/h12-13,17,20,22-24,27-28,30-32H,7-11,14-16,18-19H2,1-6H3,(H,46,53)(H,47,50)(H,48,52)/t20-,22-,23+,24?,27-,28+,30+,31-,40-/m1/s1. The number of carbonyl (C=O) groups is 4.